The lowest BCUT2D eigenvalue weighted by molar-refractivity contribution is -0.119. The summed E-state index contributed by atoms with van der Waals surface area (Å²) in [7, 11) is 1.30. The Morgan fingerprint density at radius 1 is 1.15 bits per heavy atom. The Morgan fingerprint density at radius 2 is 1.75 bits per heavy atom. The van der Waals surface area contributed by atoms with Gasteiger partial charge < -0.3 is 15.8 Å². The summed E-state index contributed by atoms with van der Waals surface area (Å²) in [6.07, 6.45) is 1.96. The van der Waals surface area contributed by atoms with E-state index < -0.39 is 6.09 Å². The smallest absolute Gasteiger partial charge is 0.411 e. The fourth-order valence-corrected chi connectivity index (χ4v) is 2.30. The number of anilines is 2. The van der Waals surface area contributed by atoms with Crippen LogP contribution in [0.5, 0.6) is 0 Å². The van der Waals surface area contributed by atoms with Crippen LogP contribution >= 0.6 is 0 Å². The number of methoxy groups -OCH3 is 1. The Balaban J connectivity index is 1.90. The highest BCUT2D eigenvalue weighted by Gasteiger charge is 2.27. The van der Waals surface area contributed by atoms with E-state index in [0.29, 0.717) is 11.4 Å². The number of hydrogen-bond donors (Lipinski definition) is 3. The number of nitrogens with two attached hydrogens (primary N) is 1. The first kappa shape index (κ1) is 14.3. The summed E-state index contributed by atoms with van der Waals surface area (Å²) in [5.74, 6) is 0.00416. The van der Waals surface area contributed by atoms with Gasteiger partial charge in [-0.15, -0.1) is 0 Å². The second-order valence-corrected chi connectivity index (χ2v) is 4.95. The third kappa shape index (κ3) is 3.71. The molecule has 2 rings (SSSR count). The van der Waals surface area contributed by atoms with Crippen LogP contribution in [-0.4, -0.2) is 25.2 Å². The summed E-state index contributed by atoms with van der Waals surface area (Å²) in [5.41, 5.74) is 7.11. The Morgan fingerprint density at radius 3 is 2.25 bits per heavy atom. The minimum Gasteiger partial charge on any atom is -0.453 e. The molecule has 108 valence electrons. The van der Waals surface area contributed by atoms with E-state index in [-0.39, 0.29) is 17.9 Å². The first-order valence-electron chi connectivity index (χ1n) is 6.60. The van der Waals surface area contributed by atoms with Crippen molar-refractivity contribution in [1.29, 1.82) is 0 Å². The quantitative estimate of drug-likeness (QED) is 0.787. The molecule has 6 nitrogen and oxygen atoms in total. The summed E-state index contributed by atoms with van der Waals surface area (Å²) in [4.78, 5) is 23.0. The van der Waals surface area contributed by atoms with Crippen molar-refractivity contribution in [2.24, 2.45) is 11.7 Å². The molecule has 2 atom stereocenters. The maximum atomic E-state index is 12.0. The van der Waals surface area contributed by atoms with Crippen LogP contribution in [0, 0.1) is 5.92 Å². The molecule has 4 N–H and O–H groups in total. The summed E-state index contributed by atoms with van der Waals surface area (Å²) >= 11 is 0. The van der Waals surface area contributed by atoms with Gasteiger partial charge in [-0.05, 0) is 43.5 Å². The fraction of sp³-hybridized carbons (Fsp3) is 0.429. The Hall–Kier alpha value is -2.08. The SMILES string of the molecule is COC(=O)Nc1ccc(NC(=O)C2CCC(N)C2)cc1. The van der Waals surface area contributed by atoms with Crippen molar-refractivity contribution < 1.29 is 14.3 Å². The molecule has 0 bridgehead atoms. The van der Waals surface area contributed by atoms with Gasteiger partial charge in [0, 0.05) is 23.3 Å². The fourth-order valence-electron chi connectivity index (χ4n) is 2.30. The minimum absolute atomic E-state index is 0.00197. The largest absolute Gasteiger partial charge is 0.453 e. The molecule has 1 aromatic carbocycles. The van der Waals surface area contributed by atoms with Crippen molar-refractivity contribution in [2.75, 3.05) is 17.7 Å². The van der Waals surface area contributed by atoms with E-state index in [2.05, 4.69) is 15.4 Å². The standard InChI is InChI=1S/C14H19N3O3/c1-20-14(19)17-12-6-4-11(5-7-12)16-13(18)9-2-3-10(15)8-9/h4-7,9-10H,2-3,8,15H2,1H3,(H,16,18)(H,17,19). The van der Waals surface area contributed by atoms with Crippen molar-refractivity contribution >= 4 is 23.4 Å². The van der Waals surface area contributed by atoms with E-state index >= 15 is 0 Å². The molecule has 1 aromatic rings. The van der Waals surface area contributed by atoms with Gasteiger partial charge in [0.25, 0.3) is 0 Å². The molecule has 2 amide bonds. The zero-order valence-corrected chi connectivity index (χ0v) is 11.4. The van der Waals surface area contributed by atoms with Crippen LogP contribution in [0.3, 0.4) is 0 Å². The molecule has 20 heavy (non-hydrogen) atoms. The molecule has 1 aliphatic rings. The summed E-state index contributed by atoms with van der Waals surface area (Å²) < 4.78 is 4.49. The number of hydrogen-bond acceptors (Lipinski definition) is 4. The van der Waals surface area contributed by atoms with Crippen LogP contribution in [0.2, 0.25) is 0 Å². The number of carbonyl (C=O) groups is 2. The van der Waals surface area contributed by atoms with Gasteiger partial charge in [-0.25, -0.2) is 4.79 Å². The number of amides is 2. The maximum Gasteiger partial charge on any atom is 0.411 e. The Bertz CT molecular complexity index is 487. The number of benzene rings is 1. The van der Waals surface area contributed by atoms with E-state index in [1.165, 1.54) is 7.11 Å². The summed E-state index contributed by atoms with van der Waals surface area (Å²) in [6, 6.07) is 7.01. The van der Waals surface area contributed by atoms with E-state index in [4.69, 9.17) is 5.73 Å². The van der Waals surface area contributed by atoms with E-state index in [9.17, 15) is 9.59 Å². The molecule has 0 saturated heterocycles. The van der Waals surface area contributed by atoms with E-state index in [1.807, 2.05) is 0 Å². The maximum absolute atomic E-state index is 12.0. The number of rotatable bonds is 3. The number of carbonyl (C=O) groups excluding carboxylic acids is 2. The monoisotopic (exact) mass is 277 g/mol. The molecule has 2 unspecified atom stereocenters. The van der Waals surface area contributed by atoms with Gasteiger partial charge in [0.2, 0.25) is 5.91 Å². The van der Waals surface area contributed by atoms with Gasteiger partial charge in [0.05, 0.1) is 7.11 Å². The van der Waals surface area contributed by atoms with Crippen LogP contribution in [0.4, 0.5) is 16.2 Å². The molecular weight excluding hydrogens is 258 g/mol. The zero-order chi connectivity index (χ0) is 14.5. The Kier molecular flexibility index (Phi) is 4.57. The molecular formula is C14H19N3O3. The van der Waals surface area contributed by atoms with Crippen molar-refractivity contribution in [3.8, 4) is 0 Å². The van der Waals surface area contributed by atoms with Crippen LogP contribution in [0.25, 0.3) is 0 Å². The zero-order valence-electron chi connectivity index (χ0n) is 11.4. The molecule has 1 fully saturated rings. The molecule has 6 heteroatoms. The molecule has 0 radical (unpaired) electrons. The molecule has 0 heterocycles. The lowest BCUT2D eigenvalue weighted by Gasteiger charge is -2.11. The highest BCUT2D eigenvalue weighted by molar-refractivity contribution is 5.93. The van der Waals surface area contributed by atoms with Gasteiger partial charge in [-0.3, -0.25) is 10.1 Å². The van der Waals surface area contributed by atoms with Crippen LogP contribution in [-0.2, 0) is 9.53 Å². The highest BCUT2D eigenvalue weighted by Crippen LogP contribution is 2.25. The predicted molar refractivity (Wildman–Crippen MR) is 76.4 cm³/mol. The molecule has 0 aliphatic heterocycles. The van der Waals surface area contributed by atoms with Crippen molar-refractivity contribution in [3.63, 3.8) is 0 Å². The summed E-state index contributed by atoms with van der Waals surface area (Å²) in [5, 5.41) is 5.40. The van der Waals surface area contributed by atoms with Crippen LogP contribution in [0.15, 0.2) is 24.3 Å². The highest BCUT2D eigenvalue weighted by atomic mass is 16.5. The van der Waals surface area contributed by atoms with Crippen LogP contribution < -0.4 is 16.4 Å². The van der Waals surface area contributed by atoms with Crippen LogP contribution in [0.1, 0.15) is 19.3 Å². The first-order chi connectivity index (χ1) is 9.58. The van der Waals surface area contributed by atoms with Crippen molar-refractivity contribution in [2.45, 2.75) is 25.3 Å². The molecule has 1 aliphatic carbocycles. The topological polar surface area (TPSA) is 93.5 Å². The predicted octanol–water partition coefficient (Wildman–Crippen LogP) is 1.93. The van der Waals surface area contributed by atoms with Gasteiger partial charge in [0.1, 0.15) is 0 Å². The average Bonchev–Trinajstić information content (AvgIpc) is 2.87. The molecule has 1 saturated carbocycles. The second kappa shape index (κ2) is 6.38. The van der Waals surface area contributed by atoms with Gasteiger partial charge in [-0.1, -0.05) is 0 Å². The van der Waals surface area contributed by atoms with E-state index in [1.54, 1.807) is 24.3 Å². The number of nitrogens with one attached hydrogen (secondary N) is 2. The van der Waals surface area contributed by atoms with Gasteiger partial charge in [-0.2, -0.15) is 0 Å². The normalized spacial score (nSPS) is 21.3. The van der Waals surface area contributed by atoms with Gasteiger partial charge >= 0.3 is 6.09 Å². The lowest BCUT2D eigenvalue weighted by Crippen LogP contribution is -2.23. The average molecular weight is 277 g/mol. The second-order valence-electron chi connectivity index (χ2n) is 4.95. The third-order valence-corrected chi connectivity index (χ3v) is 3.43. The third-order valence-electron chi connectivity index (χ3n) is 3.43. The minimum atomic E-state index is -0.526. The lowest BCUT2D eigenvalue weighted by atomic mass is 10.1. The van der Waals surface area contributed by atoms with Crippen molar-refractivity contribution in [3.05, 3.63) is 24.3 Å². The van der Waals surface area contributed by atoms with Crippen molar-refractivity contribution in [1.82, 2.24) is 0 Å². The Labute approximate surface area is 117 Å². The first-order valence-corrected chi connectivity index (χ1v) is 6.60. The molecule has 0 spiro atoms. The number of ether oxygens (including phenoxy) is 1. The summed E-state index contributed by atoms with van der Waals surface area (Å²) in [6.45, 7) is 0. The van der Waals surface area contributed by atoms with E-state index in [0.717, 1.165) is 19.3 Å². The van der Waals surface area contributed by atoms with Gasteiger partial charge in [0.15, 0.2) is 0 Å². The molecule has 0 aromatic heterocycles.